The van der Waals surface area contributed by atoms with Crippen molar-refractivity contribution < 1.29 is 9.50 Å². The lowest BCUT2D eigenvalue weighted by Crippen LogP contribution is -2.27. The molecule has 1 heterocycles. The third-order valence-electron chi connectivity index (χ3n) is 5.51. The van der Waals surface area contributed by atoms with Crippen molar-refractivity contribution in [2.45, 2.75) is 58.7 Å². The van der Waals surface area contributed by atoms with Crippen LogP contribution in [0.1, 0.15) is 48.6 Å². The molecule has 0 spiro atoms. The van der Waals surface area contributed by atoms with E-state index in [1.165, 1.54) is 6.07 Å². The monoisotopic (exact) mass is 395 g/mol. The molecule has 152 valence electrons. The van der Waals surface area contributed by atoms with Crippen molar-refractivity contribution in [2.75, 3.05) is 0 Å². The fourth-order valence-electron chi connectivity index (χ4n) is 4.39. The summed E-state index contributed by atoms with van der Waals surface area (Å²) >= 11 is 0. The molecule has 0 aliphatic heterocycles. The Morgan fingerprint density at radius 1 is 1.24 bits per heavy atom. The van der Waals surface area contributed by atoms with Crippen molar-refractivity contribution in [3.8, 4) is 22.5 Å². The first-order valence-electron chi connectivity index (χ1n) is 9.83. The lowest BCUT2D eigenvalue weighted by molar-refractivity contribution is 0.0576. The summed E-state index contributed by atoms with van der Waals surface area (Å²) in [7, 11) is 0. The Bertz CT molecular complexity index is 1060. The van der Waals surface area contributed by atoms with Crippen LogP contribution in [0.3, 0.4) is 0 Å². The Kier molecular flexibility index (Phi) is 4.75. The lowest BCUT2D eigenvalue weighted by atomic mass is 9.89. The van der Waals surface area contributed by atoms with Crippen LogP contribution in [0.5, 0.6) is 0 Å². The van der Waals surface area contributed by atoms with E-state index in [1.54, 1.807) is 18.5 Å². The molecule has 0 radical (unpaired) electrons. The first-order valence-corrected chi connectivity index (χ1v) is 9.83. The van der Waals surface area contributed by atoms with Gasteiger partial charge in [0.05, 0.1) is 12.1 Å². The minimum atomic E-state index is -0.929. The smallest absolute Gasteiger partial charge is 0.182 e. The van der Waals surface area contributed by atoms with Gasteiger partial charge in [-0.3, -0.25) is 0 Å². The summed E-state index contributed by atoms with van der Waals surface area (Å²) in [4.78, 5) is 0. The van der Waals surface area contributed by atoms with Gasteiger partial charge < -0.3 is 10.8 Å². The topological polar surface area (TPSA) is 89.8 Å². The number of hydrogen-bond acceptors (Lipinski definition) is 5. The van der Waals surface area contributed by atoms with Gasteiger partial charge in [0.25, 0.3) is 0 Å². The van der Waals surface area contributed by atoms with E-state index >= 15 is 0 Å². The summed E-state index contributed by atoms with van der Waals surface area (Å²) in [6, 6.07) is 7.23. The highest BCUT2D eigenvalue weighted by Crippen LogP contribution is 2.41. The third kappa shape index (κ3) is 3.56. The zero-order valence-electron chi connectivity index (χ0n) is 17.2. The number of aryl methyl sites for hydroxylation is 2. The molecular formula is C22H26FN5O. The van der Waals surface area contributed by atoms with Gasteiger partial charge in [-0.2, -0.15) is 0 Å². The molecule has 2 aromatic carbocycles. The van der Waals surface area contributed by atoms with Crippen LogP contribution in [0.25, 0.3) is 22.5 Å². The fraction of sp³-hybridized carbons (Fsp3) is 0.409. The molecule has 3 N–H and O–H groups in total. The van der Waals surface area contributed by atoms with Crippen molar-refractivity contribution in [3.05, 3.63) is 52.3 Å². The summed E-state index contributed by atoms with van der Waals surface area (Å²) in [6.07, 6.45) is 1.55. The number of fused-ring (bicyclic) bond motifs is 1. The quantitative estimate of drug-likeness (QED) is 0.706. The Balaban J connectivity index is 1.81. The summed E-state index contributed by atoms with van der Waals surface area (Å²) in [5.74, 6) is 0.391. The highest BCUT2D eigenvalue weighted by atomic mass is 19.1. The number of rotatable bonds is 4. The summed E-state index contributed by atoms with van der Waals surface area (Å²) in [6.45, 7) is 7.81. The molecule has 0 bridgehead atoms. The van der Waals surface area contributed by atoms with E-state index in [4.69, 9.17) is 5.73 Å². The van der Waals surface area contributed by atoms with Gasteiger partial charge in [0.1, 0.15) is 5.82 Å². The standard InChI is InChI=1S/C22H26FN5O/c1-12-9-14(21-25-26-27-28(21)11-22(3,4)29)10-13(2)19(12)15-5-7-17(23)20-16(15)6-8-18(20)24/h5,7,9-10,18,29H,6,8,11,24H2,1-4H3/t18-/m1/s1. The van der Waals surface area contributed by atoms with E-state index < -0.39 is 5.60 Å². The number of nitrogens with zero attached hydrogens (tertiary/aromatic N) is 4. The molecule has 7 heteroatoms. The van der Waals surface area contributed by atoms with Gasteiger partial charge in [-0.15, -0.1) is 5.10 Å². The maximum atomic E-state index is 14.3. The zero-order valence-corrected chi connectivity index (χ0v) is 17.2. The van der Waals surface area contributed by atoms with E-state index in [-0.39, 0.29) is 11.9 Å². The highest BCUT2D eigenvalue weighted by molar-refractivity contribution is 5.78. The van der Waals surface area contributed by atoms with E-state index in [0.717, 1.165) is 46.2 Å². The molecule has 0 amide bonds. The maximum Gasteiger partial charge on any atom is 0.182 e. The van der Waals surface area contributed by atoms with E-state index in [1.807, 2.05) is 32.0 Å². The van der Waals surface area contributed by atoms with Crippen LogP contribution in [0.15, 0.2) is 24.3 Å². The van der Waals surface area contributed by atoms with Gasteiger partial charge in [-0.1, -0.05) is 6.07 Å². The van der Waals surface area contributed by atoms with E-state index in [0.29, 0.717) is 17.9 Å². The van der Waals surface area contributed by atoms with Gasteiger partial charge in [0.15, 0.2) is 5.82 Å². The molecule has 1 aliphatic rings. The van der Waals surface area contributed by atoms with Crippen LogP contribution in [0, 0.1) is 19.7 Å². The van der Waals surface area contributed by atoms with Gasteiger partial charge in [-0.25, -0.2) is 9.07 Å². The van der Waals surface area contributed by atoms with Gasteiger partial charge in [0.2, 0.25) is 0 Å². The van der Waals surface area contributed by atoms with Crippen LogP contribution in [0.2, 0.25) is 0 Å². The normalized spacial score (nSPS) is 16.3. The molecule has 6 nitrogen and oxygen atoms in total. The Hall–Kier alpha value is -2.64. The molecule has 0 fully saturated rings. The van der Waals surface area contributed by atoms with E-state index in [2.05, 4.69) is 15.5 Å². The second kappa shape index (κ2) is 7.00. The summed E-state index contributed by atoms with van der Waals surface area (Å²) < 4.78 is 16.0. The number of hydrogen-bond donors (Lipinski definition) is 2. The minimum absolute atomic E-state index is 0.216. The number of aliphatic hydroxyl groups is 1. The second-order valence-electron chi connectivity index (χ2n) is 8.59. The third-order valence-corrected chi connectivity index (χ3v) is 5.51. The van der Waals surface area contributed by atoms with Crippen LogP contribution in [0.4, 0.5) is 4.39 Å². The lowest BCUT2D eigenvalue weighted by Gasteiger charge is -2.19. The van der Waals surface area contributed by atoms with Crippen LogP contribution in [-0.4, -0.2) is 30.9 Å². The minimum Gasteiger partial charge on any atom is -0.389 e. The molecule has 1 aromatic heterocycles. The first-order chi connectivity index (χ1) is 13.7. The first kappa shape index (κ1) is 19.7. The van der Waals surface area contributed by atoms with Crippen molar-refractivity contribution >= 4 is 0 Å². The number of tetrazole rings is 1. The molecule has 0 saturated heterocycles. The van der Waals surface area contributed by atoms with Crippen molar-refractivity contribution in [1.82, 2.24) is 20.2 Å². The second-order valence-corrected chi connectivity index (χ2v) is 8.59. The number of nitrogens with two attached hydrogens (primary N) is 1. The van der Waals surface area contributed by atoms with Crippen molar-refractivity contribution in [3.63, 3.8) is 0 Å². The molecule has 0 saturated carbocycles. The Labute approximate surface area is 169 Å². The number of halogens is 1. The van der Waals surface area contributed by atoms with Crippen LogP contribution < -0.4 is 5.73 Å². The molecule has 0 unspecified atom stereocenters. The predicted molar refractivity (Wildman–Crippen MR) is 110 cm³/mol. The average Bonchev–Trinajstić information content (AvgIpc) is 3.22. The van der Waals surface area contributed by atoms with Crippen molar-refractivity contribution in [2.24, 2.45) is 5.73 Å². The van der Waals surface area contributed by atoms with Gasteiger partial charge in [0, 0.05) is 17.2 Å². The molecule has 29 heavy (non-hydrogen) atoms. The molecular weight excluding hydrogens is 369 g/mol. The number of benzene rings is 2. The molecule has 4 rings (SSSR count). The molecule has 1 atom stereocenters. The largest absolute Gasteiger partial charge is 0.389 e. The van der Waals surface area contributed by atoms with E-state index in [9.17, 15) is 9.50 Å². The van der Waals surface area contributed by atoms with Crippen LogP contribution in [-0.2, 0) is 13.0 Å². The summed E-state index contributed by atoms with van der Waals surface area (Å²) in [5.41, 5.74) is 12.0. The Morgan fingerprint density at radius 2 is 1.93 bits per heavy atom. The van der Waals surface area contributed by atoms with Crippen molar-refractivity contribution in [1.29, 1.82) is 0 Å². The zero-order chi connectivity index (χ0) is 20.9. The fourth-order valence-corrected chi connectivity index (χ4v) is 4.39. The number of aromatic nitrogens is 4. The average molecular weight is 395 g/mol. The Morgan fingerprint density at radius 3 is 2.59 bits per heavy atom. The van der Waals surface area contributed by atoms with Crippen LogP contribution >= 0.6 is 0 Å². The maximum absolute atomic E-state index is 14.3. The summed E-state index contributed by atoms with van der Waals surface area (Å²) in [5, 5.41) is 22.1. The predicted octanol–water partition coefficient (Wildman–Crippen LogP) is 3.48. The molecule has 3 aromatic rings. The molecule has 1 aliphatic carbocycles. The highest BCUT2D eigenvalue weighted by Gasteiger charge is 2.27. The SMILES string of the molecule is Cc1cc(-c2nnnn2CC(C)(C)O)cc(C)c1-c1ccc(F)c2c1CC[C@H]2N. The van der Waals surface area contributed by atoms with Gasteiger partial charge >= 0.3 is 0 Å². The van der Waals surface area contributed by atoms with Gasteiger partial charge in [-0.05, 0) is 97.0 Å².